The van der Waals surface area contributed by atoms with E-state index in [2.05, 4.69) is 5.32 Å². The van der Waals surface area contributed by atoms with Crippen molar-refractivity contribution in [2.45, 2.75) is 26.3 Å². The molecule has 0 aromatic rings. The highest BCUT2D eigenvalue weighted by Crippen LogP contribution is 2.22. The standard InChI is InChI=1S/C11H22N2OS/c1-9(2)13(3)11(14)7-12-6-10-4-5-15-8-10/h9-10,12H,4-8H2,1-3H3. The van der Waals surface area contributed by atoms with Crippen LogP contribution in [0.2, 0.25) is 0 Å². The van der Waals surface area contributed by atoms with Crippen LogP contribution in [-0.2, 0) is 4.79 Å². The van der Waals surface area contributed by atoms with Crippen molar-refractivity contribution in [3.05, 3.63) is 0 Å². The van der Waals surface area contributed by atoms with Crippen LogP contribution in [0, 0.1) is 5.92 Å². The molecule has 0 spiro atoms. The SMILES string of the molecule is CC(C)N(C)C(=O)CNCC1CCSC1. The molecule has 3 nitrogen and oxygen atoms in total. The van der Waals surface area contributed by atoms with Crippen LogP contribution in [0.15, 0.2) is 0 Å². The van der Waals surface area contributed by atoms with Crippen molar-refractivity contribution < 1.29 is 4.79 Å². The lowest BCUT2D eigenvalue weighted by molar-refractivity contribution is -0.130. The van der Waals surface area contributed by atoms with Crippen LogP contribution < -0.4 is 5.32 Å². The van der Waals surface area contributed by atoms with Gasteiger partial charge >= 0.3 is 0 Å². The first-order chi connectivity index (χ1) is 7.11. The molecule has 1 unspecified atom stereocenters. The Morgan fingerprint density at radius 1 is 1.60 bits per heavy atom. The van der Waals surface area contributed by atoms with Crippen molar-refractivity contribution in [2.75, 3.05) is 31.6 Å². The lowest BCUT2D eigenvalue weighted by Crippen LogP contribution is -2.40. The molecule has 0 aromatic carbocycles. The third-order valence-electron chi connectivity index (χ3n) is 2.90. The molecule has 0 bridgehead atoms. The van der Waals surface area contributed by atoms with Crippen LogP contribution in [0.1, 0.15) is 20.3 Å². The average molecular weight is 230 g/mol. The van der Waals surface area contributed by atoms with E-state index in [4.69, 9.17) is 0 Å². The van der Waals surface area contributed by atoms with Gasteiger partial charge in [-0.3, -0.25) is 4.79 Å². The zero-order chi connectivity index (χ0) is 11.3. The number of nitrogens with zero attached hydrogens (tertiary/aromatic N) is 1. The Hall–Kier alpha value is -0.220. The van der Waals surface area contributed by atoms with Crippen LogP contribution in [0.5, 0.6) is 0 Å². The van der Waals surface area contributed by atoms with Gasteiger partial charge in [0.25, 0.3) is 0 Å². The molecule has 0 aliphatic carbocycles. The van der Waals surface area contributed by atoms with Crippen molar-refractivity contribution in [3.63, 3.8) is 0 Å². The molecule has 1 rings (SSSR count). The third-order valence-corrected chi connectivity index (χ3v) is 4.13. The summed E-state index contributed by atoms with van der Waals surface area (Å²) in [5.41, 5.74) is 0. The zero-order valence-electron chi connectivity index (χ0n) is 9.95. The summed E-state index contributed by atoms with van der Waals surface area (Å²) in [4.78, 5) is 13.4. The highest BCUT2D eigenvalue weighted by atomic mass is 32.2. The molecule has 1 fully saturated rings. The zero-order valence-corrected chi connectivity index (χ0v) is 10.8. The minimum atomic E-state index is 0.190. The molecule has 4 heteroatoms. The van der Waals surface area contributed by atoms with Gasteiger partial charge < -0.3 is 10.2 Å². The van der Waals surface area contributed by atoms with Gasteiger partial charge in [0.05, 0.1) is 6.54 Å². The second-order valence-electron chi connectivity index (χ2n) is 4.46. The van der Waals surface area contributed by atoms with Gasteiger partial charge in [-0.05, 0) is 44.2 Å². The number of amides is 1. The third kappa shape index (κ3) is 4.43. The van der Waals surface area contributed by atoms with Crippen molar-refractivity contribution >= 4 is 17.7 Å². The van der Waals surface area contributed by atoms with E-state index in [0.717, 1.165) is 12.5 Å². The molecule has 1 heterocycles. The fourth-order valence-corrected chi connectivity index (χ4v) is 2.82. The summed E-state index contributed by atoms with van der Waals surface area (Å²) < 4.78 is 0. The molecule has 15 heavy (non-hydrogen) atoms. The number of carbonyl (C=O) groups is 1. The Kier molecular flexibility index (Phi) is 5.47. The van der Waals surface area contributed by atoms with E-state index in [1.807, 2.05) is 32.7 Å². The van der Waals surface area contributed by atoms with Gasteiger partial charge in [0, 0.05) is 13.1 Å². The summed E-state index contributed by atoms with van der Waals surface area (Å²) >= 11 is 2.02. The monoisotopic (exact) mass is 230 g/mol. The highest BCUT2D eigenvalue weighted by Gasteiger charge is 2.16. The topological polar surface area (TPSA) is 32.3 Å². The Balaban J connectivity index is 2.11. The molecule has 88 valence electrons. The molecule has 1 atom stereocenters. The molecular formula is C11H22N2OS. The van der Waals surface area contributed by atoms with Crippen molar-refractivity contribution in [2.24, 2.45) is 5.92 Å². The van der Waals surface area contributed by atoms with Gasteiger partial charge in [-0.15, -0.1) is 0 Å². The highest BCUT2D eigenvalue weighted by molar-refractivity contribution is 7.99. The molecule has 0 aromatic heterocycles. The van der Waals surface area contributed by atoms with Gasteiger partial charge in [-0.1, -0.05) is 0 Å². The number of rotatable bonds is 5. The molecule has 1 N–H and O–H groups in total. The summed E-state index contributed by atoms with van der Waals surface area (Å²) in [5, 5.41) is 3.26. The summed E-state index contributed by atoms with van der Waals surface area (Å²) in [6.07, 6.45) is 1.30. The quantitative estimate of drug-likeness (QED) is 0.770. The number of thioether (sulfide) groups is 1. The Bertz CT molecular complexity index is 203. The van der Waals surface area contributed by atoms with Crippen LogP contribution in [-0.4, -0.2) is 48.5 Å². The van der Waals surface area contributed by atoms with E-state index < -0.39 is 0 Å². The molecule has 1 aliphatic rings. The van der Waals surface area contributed by atoms with Crippen molar-refractivity contribution in [1.29, 1.82) is 0 Å². The minimum Gasteiger partial charge on any atom is -0.342 e. The second kappa shape index (κ2) is 6.38. The maximum atomic E-state index is 11.6. The molecule has 1 aliphatic heterocycles. The van der Waals surface area contributed by atoms with Gasteiger partial charge in [-0.2, -0.15) is 11.8 Å². The number of nitrogens with one attached hydrogen (secondary N) is 1. The Labute approximate surface area is 97.0 Å². The maximum Gasteiger partial charge on any atom is 0.236 e. The average Bonchev–Trinajstić information content (AvgIpc) is 2.69. The predicted octanol–water partition coefficient (Wildman–Crippen LogP) is 1.20. The Morgan fingerprint density at radius 2 is 2.33 bits per heavy atom. The van der Waals surface area contributed by atoms with Crippen LogP contribution in [0.4, 0.5) is 0 Å². The summed E-state index contributed by atoms with van der Waals surface area (Å²) in [5.74, 6) is 3.50. The van der Waals surface area contributed by atoms with E-state index in [-0.39, 0.29) is 5.91 Å². The van der Waals surface area contributed by atoms with Crippen LogP contribution in [0.3, 0.4) is 0 Å². The van der Waals surface area contributed by atoms with Gasteiger partial charge in [0.1, 0.15) is 0 Å². The molecular weight excluding hydrogens is 208 g/mol. The summed E-state index contributed by atoms with van der Waals surface area (Å²) in [6, 6.07) is 0.293. The first kappa shape index (κ1) is 12.8. The second-order valence-corrected chi connectivity index (χ2v) is 5.61. The number of hydrogen-bond acceptors (Lipinski definition) is 3. The van der Waals surface area contributed by atoms with Crippen molar-refractivity contribution in [3.8, 4) is 0 Å². The first-order valence-corrected chi connectivity index (χ1v) is 6.81. The van der Waals surface area contributed by atoms with Gasteiger partial charge in [-0.25, -0.2) is 0 Å². The van der Waals surface area contributed by atoms with Gasteiger partial charge in [0.2, 0.25) is 5.91 Å². The van der Waals surface area contributed by atoms with Crippen LogP contribution >= 0.6 is 11.8 Å². The predicted molar refractivity (Wildman–Crippen MR) is 66.2 cm³/mol. The molecule has 0 saturated carbocycles. The number of carbonyl (C=O) groups excluding carboxylic acids is 1. The summed E-state index contributed by atoms with van der Waals surface area (Å²) in [6.45, 7) is 5.54. The molecule has 0 radical (unpaired) electrons. The Morgan fingerprint density at radius 3 is 2.87 bits per heavy atom. The maximum absolute atomic E-state index is 11.6. The fourth-order valence-electron chi connectivity index (χ4n) is 1.54. The van der Waals surface area contributed by atoms with E-state index in [0.29, 0.717) is 12.6 Å². The normalized spacial score (nSPS) is 20.9. The largest absolute Gasteiger partial charge is 0.342 e. The number of hydrogen-bond donors (Lipinski definition) is 1. The van der Waals surface area contributed by atoms with E-state index in [1.54, 1.807) is 4.90 Å². The molecule has 1 saturated heterocycles. The van der Waals surface area contributed by atoms with Crippen LogP contribution in [0.25, 0.3) is 0 Å². The van der Waals surface area contributed by atoms with Gasteiger partial charge in [0.15, 0.2) is 0 Å². The lowest BCUT2D eigenvalue weighted by Gasteiger charge is -2.22. The fraction of sp³-hybridized carbons (Fsp3) is 0.909. The van der Waals surface area contributed by atoms with E-state index in [9.17, 15) is 4.79 Å². The first-order valence-electron chi connectivity index (χ1n) is 5.65. The number of likely N-dealkylation sites (N-methyl/N-ethyl adjacent to an activating group) is 1. The van der Waals surface area contributed by atoms with E-state index >= 15 is 0 Å². The lowest BCUT2D eigenvalue weighted by atomic mass is 10.1. The summed E-state index contributed by atoms with van der Waals surface area (Å²) in [7, 11) is 1.86. The van der Waals surface area contributed by atoms with E-state index in [1.165, 1.54) is 17.9 Å². The molecule has 1 amide bonds. The minimum absolute atomic E-state index is 0.190. The van der Waals surface area contributed by atoms with Crippen molar-refractivity contribution in [1.82, 2.24) is 10.2 Å². The smallest absolute Gasteiger partial charge is 0.236 e.